The van der Waals surface area contributed by atoms with Crippen molar-refractivity contribution in [3.8, 4) is 0 Å². The van der Waals surface area contributed by atoms with Gasteiger partial charge in [0.25, 0.3) is 5.91 Å². The Morgan fingerprint density at radius 3 is 2.68 bits per heavy atom. The van der Waals surface area contributed by atoms with Crippen LogP contribution in [0.25, 0.3) is 0 Å². The largest absolute Gasteiger partial charge is 0.366 e. The lowest BCUT2D eigenvalue weighted by Gasteiger charge is -2.11. The Morgan fingerprint density at radius 1 is 1.42 bits per heavy atom. The lowest BCUT2D eigenvalue weighted by Crippen LogP contribution is -2.27. The molecular weight excluding hydrogens is 249 g/mol. The number of nitrogens with two attached hydrogens (primary N) is 2. The molecule has 19 heavy (non-hydrogen) atoms. The molecule has 0 bridgehead atoms. The average molecular weight is 267 g/mol. The SMILES string of the molecule is CCCC(N)CC(=O)Nc1ccc(F)c(C(N)=O)c1. The van der Waals surface area contributed by atoms with E-state index in [9.17, 15) is 14.0 Å². The molecule has 0 saturated heterocycles. The summed E-state index contributed by atoms with van der Waals surface area (Å²) < 4.78 is 13.2. The van der Waals surface area contributed by atoms with Crippen LogP contribution >= 0.6 is 0 Å². The molecule has 0 aliphatic carbocycles. The van der Waals surface area contributed by atoms with Crippen LogP contribution in [0.2, 0.25) is 0 Å². The minimum Gasteiger partial charge on any atom is -0.366 e. The quantitative estimate of drug-likeness (QED) is 0.726. The monoisotopic (exact) mass is 267 g/mol. The van der Waals surface area contributed by atoms with Gasteiger partial charge >= 0.3 is 0 Å². The summed E-state index contributed by atoms with van der Waals surface area (Å²) in [6.07, 6.45) is 1.83. The molecule has 1 aromatic rings. The van der Waals surface area contributed by atoms with E-state index >= 15 is 0 Å². The van der Waals surface area contributed by atoms with E-state index < -0.39 is 11.7 Å². The minimum atomic E-state index is -0.878. The topological polar surface area (TPSA) is 98.2 Å². The van der Waals surface area contributed by atoms with Crippen LogP contribution < -0.4 is 16.8 Å². The van der Waals surface area contributed by atoms with Crippen molar-refractivity contribution < 1.29 is 14.0 Å². The van der Waals surface area contributed by atoms with Crippen LogP contribution in [-0.2, 0) is 4.79 Å². The third kappa shape index (κ3) is 4.67. The summed E-state index contributed by atoms with van der Waals surface area (Å²) >= 11 is 0. The first-order chi connectivity index (χ1) is 8.93. The number of halogens is 1. The number of carbonyl (C=O) groups excluding carboxylic acids is 2. The summed E-state index contributed by atoms with van der Waals surface area (Å²) in [4.78, 5) is 22.6. The molecule has 1 aromatic carbocycles. The predicted molar refractivity (Wildman–Crippen MR) is 71.0 cm³/mol. The van der Waals surface area contributed by atoms with Crippen LogP contribution in [0.4, 0.5) is 10.1 Å². The van der Waals surface area contributed by atoms with E-state index in [2.05, 4.69) is 5.32 Å². The zero-order valence-corrected chi connectivity index (χ0v) is 10.8. The number of hydrogen-bond acceptors (Lipinski definition) is 3. The van der Waals surface area contributed by atoms with Gasteiger partial charge in [0.15, 0.2) is 0 Å². The van der Waals surface area contributed by atoms with Gasteiger partial charge in [0.05, 0.1) is 5.56 Å². The standard InChI is InChI=1S/C13H18FN3O2/c1-2-3-8(15)6-12(18)17-9-4-5-11(14)10(7-9)13(16)19/h4-5,7-8H,2-3,6,15H2,1H3,(H2,16,19)(H,17,18). The molecule has 6 heteroatoms. The van der Waals surface area contributed by atoms with Crippen molar-refractivity contribution in [3.05, 3.63) is 29.6 Å². The molecule has 5 N–H and O–H groups in total. The van der Waals surface area contributed by atoms with Gasteiger partial charge in [0.2, 0.25) is 5.91 Å². The van der Waals surface area contributed by atoms with Crippen LogP contribution in [-0.4, -0.2) is 17.9 Å². The lowest BCUT2D eigenvalue weighted by molar-refractivity contribution is -0.116. The van der Waals surface area contributed by atoms with Gasteiger partial charge in [-0.2, -0.15) is 0 Å². The number of carbonyl (C=O) groups is 2. The second kappa shape index (κ2) is 6.84. The third-order valence-corrected chi connectivity index (χ3v) is 2.62. The second-order valence-electron chi connectivity index (χ2n) is 4.36. The van der Waals surface area contributed by atoms with Gasteiger partial charge in [-0.05, 0) is 24.6 Å². The van der Waals surface area contributed by atoms with E-state index in [1.54, 1.807) is 0 Å². The Kier molecular flexibility index (Phi) is 5.44. The molecule has 2 amide bonds. The van der Waals surface area contributed by atoms with Crippen LogP contribution in [0.5, 0.6) is 0 Å². The van der Waals surface area contributed by atoms with E-state index in [4.69, 9.17) is 11.5 Å². The molecule has 0 saturated carbocycles. The normalized spacial score (nSPS) is 11.9. The summed E-state index contributed by atoms with van der Waals surface area (Å²) in [6.45, 7) is 1.98. The first-order valence-electron chi connectivity index (χ1n) is 6.08. The number of benzene rings is 1. The maximum Gasteiger partial charge on any atom is 0.251 e. The summed E-state index contributed by atoms with van der Waals surface area (Å²) in [6, 6.07) is 3.45. The molecule has 104 valence electrons. The third-order valence-electron chi connectivity index (χ3n) is 2.62. The van der Waals surface area contributed by atoms with Crippen molar-refractivity contribution >= 4 is 17.5 Å². The Hall–Kier alpha value is -1.95. The van der Waals surface area contributed by atoms with E-state index in [0.29, 0.717) is 5.69 Å². The van der Waals surface area contributed by atoms with E-state index in [1.165, 1.54) is 12.1 Å². The van der Waals surface area contributed by atoms with Crippen molar-refractivity contribution in [1.29, 1.82) is 0 Å². The number of nitrogens with one attached hydrogen (secondary N) is 1. The number of hydrogen-bond donors (Lipinski definition) is 3. The Balaban J connectivity index is 2.69. The maximum atomic E-state index is 13.2. The molecule has 0 aliphatic heterocycles. The molecule has 0 aliphatic rings. The van der Waals surface area contributed by atoms with Crippen molar-refractivity contribution in [2.45, 2.75) is 32.2 Å². The van der Waals surface area contributed by atoms with E-state index in [0.717, 1.165) is 18.9 Å². The van der Waals surface area contributed by atoms with Crippen molar-refractivity contribution in [1.82, 2.24) is 0 Å². The molecule has 1 atom stereocenters. The van der Waals surface area contributed by atoms with Crippen molar-refractivity contribution in [2.24, 2.45) is 11.5 Å². The summed E-state index contributed by atoms with van der Waals surface area (Å²) in [5, 5.41) is 2.56. The molecule has 0 fully saturated rings. The van der Waals surface area contributed by atoms with Gasteiger partial charge in [-0.15, -0.1) is 0 Å². The minimum absolute atomic E-state index is 0.178. The number of amides is 2. The fourth-order valence-electron chi connectivity index (χ4n) is 1.71. The van der Waals surface area contributed by atoms with Gasteiger partial charge < -0.3 is 16.8 Å². The molecular formula is C13H18FN3O2. The fourth-order valence-corrected chi connectivity index (χ4v) is 1.71. The molecule has 0 heterocycles. The van der Waals surface area contributed by atoms with Gasteiger partial charge in [0.1, 0.15) is 5.82 Å². The fraction of sp³-hybridized carbons (Fsp3) is 0.385. The Morgan fingerprint density at radius 2 is 2.11 bits per heavy atom. The Bertz CT molecular complexity index is 477. The van der Waals surface area contributed by atoms with E-state index in [-0.39, 0.29) is 23.9 Å². The molecule has 1 rings (SSSR count). The first-order valence-corrected chi connectivity index (χ1v) is 6.08. The first kappa shape index (κ1) is 15.1. The van der Waals surface area contributed by atoms with Crippen LogP contribution in [0.3, 0.4) is 0 Å². The maximum absolute atomic E-state index is 13.2. The van der Waals surface area contributed by atoms with Crippen LogP contribution in [0.15, 0.2) is 18.2 Å². The van der Waals surface area contributed by atoms with Gasteiger partial charge in [-0.3, -0.25) is 9.59 Å². The lowest BCUT2D eigenvalue weighted by atomic mass is 10.1. The highest BCUT2D eigenvalue weighted by Crippen LogP contribution is 2.15. The van der Waals surface area contributed by atoms with Crippen LogP contribution in [0.1, 0.15) is 36.5 Å². The van der Waals surface area contributed by atoms with Crippen molar-refractivity contribution in [2.75, 3.05) is 5.32 Å². The molecule has 0 radical (unpaired) electrons. The molecule has 5 nitrogen and oxygen atoms in total. The summed E-state index contributed by atoms with van der Waals surface area (Å²) in [7, 11) is 0. The van der Waals surface area contributed by atoms with Crippen LogP contribution in [0, 0.1) is 5.82 Å². The zero-order valence-electron chi connectivity index (χ0n) is 10.8. The summed E-state index contributed by atoms with van der Waals surface area (Å²) in [5.74, 6) is -1.87. The highest BCUT2D eigenvalue weighted by atomic mass is 19.1. The van der Waals surface area contributed by atoms with Crippen molar-refractivity contribution in [3.63, 3.8) is 0 Å². The smallest absolute Gasteiger partial charge is 0.251 e. The predicted octanol–water partition coefficient (Wildman–Crippen LogP) is 1.38. The van der Waals surface area contributed by atoms with Gasteiger partial charge in [-0.1, -0.05) is 13.3 Å². The number of primary amides is 1. The van der Waals surface area contributed by atoms with Gasteiger partial charge in [0, 0.05) is 18.2 Å². The highest BCUT2D eigenvalue weighted by molar-refractivity contribution is 5.96. The summed E-state index contributed by atoms with van der Waals surface area (Å²) in [5.41, 5.74) is 10.8. The molecule has 1 unspecified atom stereocenters. The Labute approximate surface area is 111 Å². The van der Waals surface area contributed by atoms with E-state index in [1.807, 2.05) is 6.92 Å². The number of anilines is 1. The average Bonchev–Trinajstić information content (AvgIpc) is 2.31. The zero-order chi connectivity index (χ0) is 14.4. The van der Waals surface area contributed by atoms with Gasteiger partial charge in [-0.25, -0.2) is 4.39 Å². The highest BCUT2D eigenvalue weighted by Gasteiger charge is 2.12. The molecule has 0 aromatic heterocycles. The molecule has 0 spiro atoms. The number of rotatable bonds is 6. The second-order valence-corrected chi connectivity index (χ2v) is 4.36.